The number of ether oxygens (including phenoxy) is 1. The summed E-state index contributed by atoms with van der Waals surface area (Å²) >= 11 is 0. The zero-order chi connectivity index (χ0) is 20.4. The Labute approximate surface area is 170 Å². The summed E-state index contributed by atoms with van der Waals surface area (Å²) in [5.74, 6) is 1.13. The summed E-state index contributed by atoms with van der Waals surface area (Å²) < 4.78 is 19.2. The minimum atomic E-state index is -0.349. The highest BCUT2D eigenvalue weighted by Crippen LogP contribution is 2.20. The van der Waals surface area contributed by atoms with Crippen LogP contribution in [0.1, 0.15) is 21.6 Å². The average Bonchev–Trinajstić information content (AvgIpc) is 2.75. The second-order valence-corrected chi connectivity index (χ2v) is 7.51. The van der Waals surface area contributed by atoms with Crippen molar-refractivity contribution in [1.82, 2.24) is 14.9 Å². The van der Waals surface area contributed by atoms with Gasteiger partial charge in [0.2, 0.25) is 5.95 Å². The Bertz CT molecular complexity index is 893. The van der Waals surface area contributed by atoms with Crippen molar-refractivity contribution in [2.24, 2.45) is 0 Å². The number of aryl methyl sites for hydroxylation is 2. The molecule has 7 nitrogen and oxygen atoms in total. The van der Waals surface area contributed by atoms with Gasteiger partial charge in [-0.3, -0.25) is 4.79 Å². The van der Waals surface area contributed by atoms with Crippen LogP contribution >= 0.6 is 0 Å². The van der Waals surface area contributed by atoms with E-state index >= 15 is 0 Å². The molecule has 3 heterocycles. The summed E-state index contributed by atoms with van der Waals surface area (Å²) in [4.78, 5) is 28.2. The van der Waals surface area contributed by atoms with E-state index in [1.165, 1.54) is 6.07 Å². The van der Waals surface area contributed by atoms with E-state index in [2.05, 4.69) is 14.8 Å². The molecule has 4 rings (SSSR count). The highest BCUT2D eigenvalue weighted by Gasteiger charge is 2.25. The van der Waals surface area contributed by atoms with Crippen LogP contribution in [0, 0.1) is 19.7 Å². The van der Waals surface area contributed by atoms with Gasteiger partial charge in [-0.25, -0.2) is 9.37 Å². The fraction of sp³-hybridized carbons (Fsp3) is 0.476. The van der Waals surface area contributed by atoms with E-state index in [0.29, 0.717) is 56.5 Å². The zero-order valence-electron chi connectivity index (χ0n) is 16.9. The lowest BCUT2D eigenvalue weighted by atomic mass is 10.1. The van der Waals surface area contributed by atoms with E-state index in [4.69, 9.17) is 9.72 Å². The number of rotatable bonds is 3. The Morgan fingerprint density at radius 1 is 0.966 bits per heavy atom. The molecule has 2 saturated heterocycles. The SMILES string of the molecule is Cc1cc(N2CCOCC2)nc(N2CCN(C(=O)c3ccc(C)c(F)c3)CC2)n1. The van der Waals surface area contributed by atoms with E-state index in [1.807, 2.05) is 13.0 Å². The van der Waals surface area contributed by atoms with Crippen LogP contribution in [-0.2, 0) is 4.74 Å². The molecular weight excluding hydrogens is 373 g/mol. The first kappa shape index (κ1) is 19.6. The highest BCUT2D eigenvalue weighted by atomic mass is 19.1. The lowest BCUT2D eigenvalue weighted by Gasteiger charge is -2.35. The molecular formula is C21H26FN5O2. The van der Waals surface area contributed by atoms with Crippen molar-refractivity contribution in [2.75, 3.05) is 62.3 Å². The molecule has 0 saturated carbocycles. The normalized spacial score (nSPS) is 17.6. The van der Waals surface area contributed by atoms with E-state index < -0.39 is 0 Å². The highest BCUT2D eigenvalue weighted by molar-refractivity contribution is 5.94. The lowest BCUT2D eigenvalue weighted by molar-refractivity contribution is 0.0745. The monoisotopic (exact) mass is 399 g/mol. The number of halogens is 1. The maximum absolute atomic E-state index is 13.8. The van der Waals surface area contributed by atoms with Crippen molar-refractivity contribution in [3.05, 3.63) is 46.9 Å². The minimum Gasteiger partial charge on any atom is -0.378 e. The van der Waals surface area contributed by atoms with E-state index in [9.17, 15) is 9.18 Å². The molecule has 0 bridgehead atoms. The van der Waals surface area contributed by atoms with E-state index in [0.717, 1.165) is 24.6 Å². The van der Waals surface area contributed by atoms with Gasteiger partial charge in [-0.2, -0.15) is 4.98 Å². The number of benzene rings is 1. The first-order chi connectivity index (χ1) is 14.0. The van der Waals surface area contributed by atoms with Gasteiger partial charge in [-0.1, -0.05) is 6.07 Å². The van der Waals surface area contributed by atoms with Crippen molar-refractivity contribution in [1.29, 1.82) is 0 Å². The molecule has 1 aromatic heterocycles. The van der Waals surface area contributed by atoms with Crippen LogP contribution < -0.4 is 9.80 Å². The Morgan fingerprint density at radius 2 is 1.69 bits per heavy atom. The Morgan fingerprint density at radius 3 is 2.38 bits per heavy atom. The van der Waals surface area contributed by atoms with Crippen LogP contribution in [0.25, 0.3) is 0 Å². The minimum absolute atomic E-state index is 0.136. The quantitative estimate of drug-likeness (QED) is 0.787. The number of hydrogen-bond acceptors (Lipinski definition) is 6. The Hall–Kier alpha value is -2.74. The summed E-state index contributed by atoms with van der Waals surface area (Å²) in [5.41, 5.74) is 1.85. The van der Waals surface area contributed by atoms with Gasteiger partial charge >= 0.3 is 0 Å². The largest absolute Gasteiger partial charge is 0.378 e. The topological polar surface area (TPSA) is 61.8 Å². The first-order valence-corrected chi connectivity index (χ1v) is 10.00. The summed E-state index contributed by atoms with van der Waals surface area (Å²) in [6.07, 6.45) is 0. The first-order valence-electron chi connectivity index (χ1n) is 10.00. The van der Waals surface area contributed by atoms with Crippen LogP contribution in [-0.4, -0.2) is 73.3 Å². The molecule has 1 amide bonds. The number of anilines is 2. The third-order valence-electron chi connectivity index (χ3n) is 5.43. The molecule has 0 N–H and O–H groups in total. The van der Waals surface area contributed by atoms with Gasteiger partial charge < -0.3 is 19.4 Å². The summed E-state index contributed by atoms with van der Waals surface area (Å²) in [6, 6.07) is 6.65. The van der Waals surface area contributed by atoms with Crippen LogP contribution in [0.15, 0.2) is 24.3 Å². The molecule has 0 radical (unpaired) electrons. The number of nitrogens with zero attached hydrogens (tertiary/aromatic N) is 5. The van der Waals surface area contributed by atoms with Gasteiger partial charge in [0.1, 0.15) is 11.6 Å². The molecule has 0 aliphatic carbocycles. The number of carbonyl (C=O) groups excluding carboxylic acids is 1. The number of aromatic nitrogens is 2. The molecule has 2 aliphatic rings. The predicted molar refractivity (Wildman–Crippen MR) is 109 cm³/mol. The summed E-state index contributed by atoms with van der Waals surface area (Å²) in [7, 11) is 0. The summed E-state index contributed by atoms with van der Waals surface area (Å²) in [6.45, 7) is 9.12. The van der Waals surface area contributed by atoms with Crippen LogP contribution in [0.5, 0.6) is 0 Å². The fourth-order valence-electron chi connectivity index (χ4n) is 3.65. The molecule has 0 unspecified atom stereocenters. The molecule has 1 aromatic carbocycles. The Kier molecular flexibility index (Phi) is 5.62. The second-order valence-electron chi connectivity index (χ2n) is 7.51. The van der Waals surface area contributed by atoms with Crippen molar-refractivity contribution in [3.63, 3.8) is 0 Å². The van der Waals surface area contributed by atoms with Gasteiger partial charge in [0.05, 0.1) is 13.2 Å². The zero-order valence-corrected chi connectivity index (χ0v) is 16.9. The van der Waals surface area contributed by atoms with E-state index in [1.54, 1.807) is 24.0 Å². The maximum Gasteiger partial charge on any atom is 0.254 e. The van der Waals surface area contributed by atoms with Crippen LogP contribution in [0.4, 0.5) is 16.2 Å². The average molecular weight is 399 g/mol. The molecule has 0 atom stereocenters. The predicted octanol–water partition coefficient (Wildman–Crippen LogP) is 2.03. The van der Waals surface area contributed by atoms with Crippen molar-refractivity contribution >= 4 is 17.7 Å². The van der Waals surface area contributed by atoms with Gasteiger partial charge in [-0.05, 0) is 31.5 Å². The molecule has 0 spiro atoms. The smallest absolute Gasteiger partial charge is 0.254 e. The van der Waals surface area contributed by atoms with Gasteiger partial charge in [-0.15, -0.1) is 0 Å². The number of carbonyl (C=O) groups is 1. The molecule has 2 aromatic rings. The van der Waals surface area contributed by atoms with Crippen molar-refractivity contribution < 1.29 is 13.9 Å². The second kappa shape index (κ2) is 8.32. The van der Waals surface area contributed by atoms with Gasteiger partial charge in [0, 0.05) is 56.6 Å². The van der Waals surface area contributed by atoms with Crippen molar-refractivity contribution in [3.8, 4) is 0 Å². The molecule has 8 heteroatoms. The molecule has 2 aliphatic heterocycles. The third kappa shape index (κ3) is 4.32. The van der Waals surface area contributed by atoms with Crippen molar-refractivity contribution in [2.45, 2.75) is 13.8 Å². The van der Waals surface area contributed by atoms with Crippen LogP contribution in [0.3, 0.4) is 0 Å². The molecule has 29 heavy (non-hydrogen) atoms. The molecule has 154 valence electrons. The standard InChI is InChI=1S/C21H26FN5O2/c1-15-3-4-17(14-18(15)22)20(28)26-5-7-27(8-6-26)21-23-16(2)13-19(24-21)25-9-11-29-12-10-25/h3-4,13-14H,5-12H2,1-2H3. The number of morpholine rings is 1. The molecule has 2 fully saturated rings. The summed E-state index contributed by atoms with van der Waals surface area (Å²) in [5, 5.41) is 0. The maximum atomic E-state index is 13.8. The van der Waals surface area contributed by atoms with Gasteiger partial charge in [0.25, 0.3) is 5.91 Å². The van der Waals surface area contributed by atoms with E-state index in [-0.39, 0.29) is 11.7 Å². The lowest BCUT2D eigenvalue weighted by Crippen LogP contribution is -2.49. The number of hydrogen-bond donors (Lipinski definition) is 0. The fourth-order valence-corrected chi connectivity index (χ4v) is 3.65. The number of piperazine rings is 1. The van der Waals surface area contributed by atoms with Gasteiger partial charge in [0.15, 0.2) is 0 Å². The number of amides is 1. The third-order valence-corrected chi connectivity index (χ3v) is 5.43. The van der Waals surface area contributed by atoms with Crippen LogP contribution in [0.2, 0.25) is 0 Å². The Balaban J connectivity index is 1.43.